The average molecular weight is 329 g/mol. The summed E-state index contributed by atoms with van der Waals surface area (Å²) in [6.45, 7) is 4.12. The number of carbonyl (C=O) groups excluding carboxylic acids is 1. The fourth-order valence-electron chi connectivity index (χ4n) is 4.16. The molecular formula is C21H32N2O. The maximum atomic E-state index is 12.2. The minimum Gasteiger partial charge on any atom is -0.352 e. The number of nitrogens with zero attached hydrogens (tertiary/aromatic N) is 1. The third-order valence-electron chi connectivity index (χ3n) is 5.69. The van der Waals surface area contributed by atoms with Crippen molar-refractivity contribution in [2.45, 2.75) is 70.9 Å². The number of piperidine rings is 1. The van der Waals surface area contributed by atoms with Gasteiger partial charge in [0, 0.05) is 19.5 Å². The maximum absolute atomic E-state index is 12.2. The number of amides is 1. The van der Waals surface area contributed by atoms with Gasteiger partial charge in [-0.3, -0.25) is 9.69 Å². The van der Waals surface area contributed by atoms with Crippen LogP contribution in [0.1, 0.15) is 68.9 Å². The van der Waals surface area contributed by atoms with E-state index in [1.807, 2.05) is 0 Å². The zero-order valence-electron chi connectivity index (χ0n) is 14.9. The second-order valence-electron chi connectivity index (χ2n) is 7.57. The topological polar surface area (TPSA) is 32.3 Å². The molecule has 3 rings (SSSR count). The van der Waals surface area contributed by atoms with Gasteiger partial charge in [0.2, 0.25) is 5.91 Å². The molecule has 0 radical (unpaired) electrons. The number of rotatable bonds is 7. The molecule has 1 aliphatic carbocycles. The molecule has 2 fully saturated rings. The molecule has 0 bridgehead atoms. The number of carbonyl (C=O) groups is 1. The number of hydrogen-bond donors (Lipinski definition) is 1. The van der Waals surface area contributed by atoms with Crippen LogP contribution in [-0.4, -0.2) is 23.9 Å². The fourth-order valence-corrected chi connectivity index (χ4v) is 4.16. The molecule has 132 valence electrons. The molecule has 1 aromatic rings. The van der Waals surface area contributed by atoms with Gasteiger partial charge >= 0.3 is 0 Å². The summed E-state index contributed by atoms with van der Waals surface area (Å²) in [6, 6.07) is 8.58. The second kappa shape index (κ2) is 9.22. The van der Waals surface area contributed by atoms with Crippen LogP contribution in [0.5, 0.6) is 0 Å². The van der Waals surface area contributed by atoms with Crippen LogP contribution in [-0.2, 0) is 17.9 Å². The highest BCUT2D eigenvalue weighted by Gasteiger charge is 2.16. The van der Waals surface area contributed by atoms with Gasteiger partial charge in [-0.1, -0.05) is 56.4 Å². The zero-order valence-corrected chi connectivity index (χ0v) is 14.9. The molecule has 24 heavy (non-hydrogen) atoms. The lowest BCUT2D eigenvalue weighted by atomic mass is 10.0. The Balaban J connectivity index is 1.46. The Kier molecular flexibility index (Phi) is 6.71. The van der Waals surface area contributed by atoms with Crippen LogP contribution < -0.4 is 5.32 Å². The molecule has 1 amide bonds. The van der Waals surface area contributed by atoms with E-state index in [0.29, 0.717) is 13.0 Å². The Labute approximate surface area is 146 Å². The van der Waals surface area contributed by atoms with E-state index in [9.17, 15) is 4.79 Å². The van der Waals surface area contributed by atoms with Crippen molar-refractivity contribution in [3.63, 3.8) is 0 Å². The lowest BCUT2D eigenvalue weighted by Crippen LogP contribution is -2.30. The third kappa shape index (κ3) is 5.34. The molecule has 0 spiro atoms. The van der Waals surface area contributed by atoms with Crippen molar-refractivity contribution in [3.8, 4) is 0 Å². The Morgan fingerprint density at radius 3 is 2.46 bits per heavy atom. The number of likely N-dealkylation sites (tertiary alicyclic amines) is 1. The molecule has 1 aromatic carbocycles. The standard InChI is InChI=1S/C21H32N2O/c24-21(13-12-18-8-2-3-9-18)22-16-19-10-4-5-11-20(19)17-23-14-6-1-7-15-23/h4-5,10-11,18H,1-3,6-9,12-17H2,(H,22,24). The van der Waals surface area contributed by atoms with Crippen molar-refractivity contribution in [1.29, 1.82) is 0 Å². The van der Waals surface area contributed by atoms with E-state index < -0.39 is 0 Å². The lowest BCUT2D eigenvalue weighted by Gasteiger charge is -2.27. The molecule has 0 unspecified atom stereocenters. The maximum Gasteiger partial charge on any atom is 0.220 e. The van der Waals surface area contributed by atoms with Crippen molar-refractivity contribution in [3.05, 3.63) is 35.4 Å². The van der Waals surface area contributed by atoms with Gasteiger partial charge in [0.25, 0.3) is 0 Å². The van der Waals surface area contributed by atoms with Gasteiger partial charge in [-0.25, -0.2) is 0 Å². The number of hydrogen-bond acceptors (Lipinski definition) is 2. The minimum atomic E-state index is 0.217. The Morgan fingerprint density at radius 2 is 1.71 bits per heavy atom. The molecule has 3 heteroatoms. The lowest BCUT2D eigenvalue weighted by molar-refractivity contribution is -0.121. The first kappa shape index (κ1) is 17.5. The first-order chi connectivity index (χ1) is 11.8. The molecular weight excluding hydrogens is 296 g/mol. The minimum absolute atomic E-state index is 0.217. The van der Waals surface area contributed by atoms with Crippen LogP contribution in [0.3, 0.4) is 0 Å². The Morgan fingerprint density at radius 1 is 1.00 bits per heavy atom. The Hall–Kier alpha value is -1.35. The van der Waals surface area contributed by atoms with Gasteiger partial charge in [0.15, 0.2) is 0 Å². The first-order valence-corrected chi connectivity index (χ1v) is 9.87. The number of nitrogens with one attached hydrogen (secondary N) is 1. The summed E-state index contributed by atoms with van der Waals surface area (Å²) in [5.74, 6) is 1.01. The number of benzene rings is 1. The summed E-state index contributed by atoms with van der Waals surface area (Å²) in [6.07, 6.45) is 11.1. The molecule has 2 aliphatic rings. The summed E-state index contributed by atoms with van der Waals surface area (Å²) < 4.78 is 0. The predicted molar refractivity (Wildman–Crippen MR) is 98.6 cm³/mol. The normalized spacial score (nSPS) is 19.5. The van der Waals surface area contributed by atoms with Gasteiger partial charge in [0.1, 0.15) is 0 Å². The van der Waals surface area contributed by atoms with E-state index >= 15 is 0 Å². The quantitative estimate of drug-likeness (QED) is 0.811. The summed E-state index contributed by atoms with van der Waals surface area (Å²) in [5, 5.41) is 3.14. The van der Waals surface area contributed by atoms with Crippen LogP contribution in [0.2, 0.25) is 0 Å². The smallest absolute Gasteiger partial charge is 0.220 e. The van der Waals surface area contributed by atoms with Crippen LogP contribution in [0.25, 0.3) is 0 Å². The highest BCUT2D eigenvalue weighted by Crippen LogP contribution is 2.28. The molecule has 1 heterocycles. The van der Waals surface area contributed by atoms with Gasteiger partial charge in [0.05, 0.1) is 0 Å². The van der Waals surface area contributed by atoms with Crippen molar-refractivity contribution in [2.75, 3.05) is 13.1 Å². The summed E-state index contributed by atoms with van der Waals surface area (Å²) >= 11 is 0. The van der Waals surface area contributed by atoms with Crippen LogP contribution in [0.15, 0.2) is 24.3 Å². The van der Waals surface area contributed by atoms with E-state index in [2.05, 4.69) is 34.5 Å². The summed E-state index contributed by atoms with van der Waals surface area (Å²) in [7, 11) is 0. The average Bonchev–Trinajstić information content (AvgIpc) is 3.14. The van der Waals surface area contributed by atoms with Gasteiger partial charge < -0.3 is 5.32 Å². The summed E-state index contributed by atoms with van der Waals surface area (Å²) in [5.41, 5.74) is 2.65. The predicted octanol–water partition coefficient (Wildman–Crippen LogP) is 4.26. The molecule has 1 saturated heterocycles. The van der Waals surface area contributed by atoms with E-state index in [-0.39, 0.29) is 5.91 Å². The van der Waals surface area contributed by atoms with Crippen LogP contribution >= 0.6 is 0 Å². The van der Waals surface area contributed by atoms with Crippen molar-refractivity contribution in [2.24, 2.45) is 5.92 Å². The van der Waals surface area contributed by atoms with E-state index in [1.54, 1.807) is 0 Å². The van der Waals surface area contributed by atoms with Crippen LogP contribution in [0.4, 0.5) is 0 Å². The van der Waals surface area contributed by atoms with Gasteiger partial charge in [-0.15, -0.1) is 0 Å². The SMILES string of the molecule is O=C(CCC1CCCC1)NCc1ccccc1CN1CCCCC1. The van der Waals surface area contributed by atoms with Crippen molar-refractivity contribution < 1.29 is 4.79 Å². The largest absolute Gasteiger partial charge is 0.352 e. The first-order valence-electron chi connectivity index (χ1n) is 9.87. The molecule has 1 aliphatic heterocycles. The van der Waals surface area contributed by atoms with Crippen LogP contribution in [0, 0.1) is 5.92 Å². The highest BCUT2D eigenvalue weighted by atomic mass is 16.1. The molecule has 0 aromatic heterocycles. The van der Waals surface area contributed by atoms with Crippen molar-refractivity contribution >= 4 is 5.91 Å². The Bertz CT molecular complexity index is 516. The van der Waals surface area contributed by atoms with E-state index in [1.165, 1.54) is 69.2 Å². The second-order valence-corrected chi connectivity index (χ2v) is 7.57. The fraction of sp³-hybridized carbons (Fsp3) is 0.667. The molecule has 1 N–H and O–H groups in total. The highest BCUT2D eigenvalue weighted by molar-refractivity contribution is 5.75. The monoisotopic (exact) mass is 328 g/mol. The van der Waals surface area contributed by atoms with Gasteiger partial charge in [-0.05, 0) is 49.4 Å². The molecule has 1 saturated carbocycles. The molecule has 0 atom stereocenters. The van der Waals surface area contributed by atoms with E-state index in [0.717, 1.165) is 18.9 Å². The van der Waals surface area contributed by atoms with Gasteiger partial charge in [-0.2, -0.15) is 0 Å². The summed E-state index contributed by atoms with van der Waals surface area (Å²) in [4.78, 5) is 14.7. The molecule has 3 nitrogen and oxygen atoms in total. The van der Waals surface area contributed by atoms with E-state index in [4.69, 9.17) is 0 Å². The third-order valence-corrected chi connectivity index (χ3v) is 5.69. The van der Waals surface area contributed by atoms with Crippen molar-refractivity contribution in [1.82, 2.24) is 10.2 Å². The zero-order chi connectivity index (χ0) is 16.6.